The molecular weight excluding hydrogens is 442 g/mol. The van der Waals surface area contributed by atoms with Gasteiger partial charge < -0.3 is 20.6 Å². The van der Waals surface area contributed by atoms with E-state index in [1.54, 1.807) is 25.1 Å². The maximum Gasteiger partial charge on any atom is 0.331 e. The monoisotopic (exact) mass is 487 g/mol. The van der Waals surface area contributed by atoms with Gasteiger partial charge in [-0.1, -0.05) is 78.8 Å². The van der Waals surface area contributed by atoms with Gasteiger partial charge in [0.15, 0.2) is 0 Å². The van der Waals surface area contributed by atoms with Gasteiger partial charge >= 0.3 is 5.97 Å². The number of nitrogens with zero attached hydrogens (tertiary/aromatic N) is 1. The molecule has 3 atom stereocenters. The van der Waals surface area contributed by atoms with E-state index in [4.69, 9.17) is 0 Å². The minimum atomic E-state index is -1.02. The van der Waals surface area contributed by atoms with Crippen molar-refractivity contribution < 1.29 is 19.5 Å². The zero-order chi connectivity index (χ0) is 27.3. The molecule has 0 heterocycles. The number of carboxylic acids is 1. The van der Waals surface area contributed by atoms with Crippen molar-refractivity contribution >= 4 is 17.8 Å². The van der Waals surface area contributed by atoms with E-state index in [-0.39, 0.29) is 23.3 Å². The molecule has 0 fully saturated rings. The number of aryl methyl sites for hydroxylation is 1. The standard InChI is InChI=1S/C28H45N3O4/c1-17(2)21(16-19(4)26(34)35)31(11)25(33)23(27(5,6)7)30-24(32)22(29-10)28(8,9)20-15-13-12-14-18(20)3/h12-17,21-23,29H,1-11H3,(H,30,32)(H,34,35)/t21-,22-,23-/m1/s1. The average Bonchev–Trinajstić information content (AvgIpc) is 2.73. The molecule has 0 spiro atoms. The summed E-state index contributed by atoms with van der Waals surface area (Å²) >= 11 is 0. The van der Waals surface area contributed by atoms with Gasteiger partial charge in [0.05, 0.1) is 12.1 Å². The Morgan fingerprint density at radius 3 is 2.00 bits per heavy atom. The number of carbonyl (C=O) groups is 3. The molecule has 2 amide bonds. The summed E-state index contributed by atoms with van der Waals surface area (Å²) in [7, 11) is 3.41. The van der Waals surface area contributed by atoms with Crippen LogP contribution in [0.15, 0.2) is 35.9 Å². The third-order valence-corrected chi connectivity index (χ3v) is 6.75. The van der Waals surface area contributed by atoms with Gasteiger partial charge in [-0.2, -0.15) is 0 Å². The molecule has 0 aliphatic carbocycles. The molecule has 0 bridgehead atoms. The number of aliphatic carboxylic acids is 1. The molecule has 0 saturated heterocycles. The van der Waals surface area contributed by atoms with E-state index in [1.807, 2.05) is 79.7 Å². The third kappa shape index (κ3) is 7.40. The first kappa shape index (κ1) is 30.4. The molecule has 35 heavy (non-hydrogen) atoms. The van der Waals surface area contributed by atoms with Gasteiger partial charge in [0.1, 0.15) is 6.04 Å². The highest BCUT2D eigenvalue weighted by Crippen LogP contribution is 2.31. The summed E-state index contributed by atoms with van der Waals surface area (Å²) in [5, 5.41) is 15.5. The molecule has 7 heteroatoms. The fourth-order valence-electron chi connectivity index (χ4n) is 4.57. The summed E-state index contributed by atoms with van der Waals surface area (Å²) in [5.41, 5.74) is 1.21. The van der Waals surface area contributed by atoms with E-state index in [1.165, 1.54) is 6.92 Å². The van der Waals surface area contributed by atoms with E-state index < -0.39 is 34.9 Å². The van der Waals surface area contributed by atoms with E-state index in [2.05, 4.69) is 10.6 Å². The first-order valence-corrected chi connectivity index (χ1v) is 12.2. The van der Waals surface area contributed by atoms with Crippen LogP contribution in [0.25, 0.3) is 0 Å². The van der Waals surface area contributed by atoms with Crippen LogP contribution >= 0.6 is 0 Å². The number of carbonyl (C=O) groups excluding carboxylic acids is 2. The molecular formula is C28H45N3O4. The quantitative estimate of drug-likeness (QED) is 0.435. The zero-order valence-corrected chi connectivity index (χ0v) is 23.3. The summed E-state index contributed by atoms with van der Waals surface area (Å²) in [6.45, 7) is 17.2. The lowest BCUT2D eigenvalue weighted by molar-refractivity contribution is -0.141. The Bertz CT molecular complexity index is 944. The van der Waals surface area contributed by atoms with Gasteiger partial charge in [0.25, 0.3) is 0 Å². The van der Waals surface area contributed by atoms with Crippen LogP contribution in [0.3, 0.4) is 0 Å². The van der Waals surface area contributed by atoms with Crippen molar-refractivity contribution in [3.05, 3.63) is 47.0 Å². The lowest BCUT2D eigenvalue weighted by atomic mass is 9.75. The van der Waals surface area contributed by atoms with Gasteiger partial charge in [-0.05, 0) is 43.4 Å². The highest BCUT2D eigenvalue weighted by atomic mass is 16.4. The number of nitrogens with one attached hydrogen (secondary N) is 2. The van der Waals surface area contributed by atoms with Crippen LogP contribution in [0, 0.1) is 18.3 Å². The second kappa shape index (κ2) is 11.8. The Labute approximate surface area is 211 Å². The van der Waals surface area contributed by atoms with E-state index in [9.17, 15) is 19.5 Å². The second-order valence-corrected chi connectivity index (χ2v) is 11.4. The van der Waals surface area contributed by atoms with Crippen molar-refractivity contribution in [1.29, 1.82) is 0 Å². The number of benzene rings is 1. The molecule has 0 aromatic heterocycles. The first-order chi connectivity index (χ1) is 16.0. The van der Waals surface area contributed by atoms with Crippen molar-refractivity contribution in [3.8, 4) is 0 Å². The summed E-state index contributed by atoms with van der Waals surface area (Å²) < 4.78 is 0. The second-order valence-electron chi connectivity index (χ2n) is 11.4. The van der Waals surface area contributed by atoms with Crippen molar-refractivity contribution in [2.45, 2.75) is 85.9 Å². The van der Waals surface area contributed by atoms with Crippen LogP contribution in [0.1, 0.15) is 66.5 Å². The van der Waals surface area contributed by atoms with Crippen molar-refractivity contribution in [1.82, 2.24) is 15.5 Å². The van der Waals surface area contributed by atoms with Crippen LogP contribution in [0.4, 0.5) is 0 Å². The Balaban J connectivity index is 3.34. The third-order valence-electron chi connectivity index (χ3n) is 6.75. The normalized spacial score (nSPS) is 15.4. The van der Waals surface area contributed by atoms with E-state index in [0.29, 0.717) is 0 Å². The van der Waals surface area contributed by atoms with Gasteiger partial charge in [-0.3, -0.25) is 9.59 Å². The summed E-state index contributed by atoms with van der Waals surface area (Å²) in [6.07, 6.45) is 1.60. The predicted molar refractivity (Wildman–Crippen MR) is 141 cm³/mol. The minimum Gasteiger partial charge on any atom is -0.478 e. The fourth-order valence-corrected chi connectivity index (χ4v) is 4.57. The number of carboxylic acid groups (broad SMARTS) is 1. The Hall–Kier alpha value is -2.67. The summed E-state index contributed by atoms with van der Waals surface area (Å²) in [6, 6.07) is 6.17. The number of amides is 2. The number of likely N-dealkylation sites (N-methyl/N-ethyl adjacent to an activating group) is 2. The van der Waals surface area contributed by atoms with Crippen molar-refractivity contribution in [2.24, 2.45) is 11.3 Å². The number of rotatable bonds is 10. The van der Waals surface area contributed by atoms with Crippen LogP contribution < -0.4 is 10.6 Å². The highest BCUT2D eigenvalue weighted by Gasteiger charge is 2.42. The van der Waals surface area contributed by atoms with Gasteiger partial charge in [0.2, 0.25) is 11.8 Å². The van der Waals surface area contributed by atoms with Gasteiger partial charge in [0, 0.05) is 18.0 Å². The highest BCUT2D eigenvalue weighted by molar-refractivity contribution is 5.91. The van der Waals surface area contributed by atoms with Gasteiger partial charge in [-0.15, -0.1) is 0 Å². The Morgan fingerprint density at radius 2 is 1.57 bits per heavy atom. The SMILES string of the molecule is CN[C@H](C(=O)N[C@H](C(=O)N(C)[C@H](C=C(C)C(=O)O)C(C)C)C(C)(C)C)C(C)(C)c1ccccc1C. The fraction of sp³-hybridized carbons (Fsp3) is 0.607. The smallest absolute Gasteiger partial charge is 0.331 e. The largest absolute Gasteiger partial charge is 0.478 e. The lowest BCUT2D eigenvalue weighted by Crippen LogP contribution is -2.61. The molecule has 1 rings (SSSR count). The van der Waals surface area contributed by atoms with Crippen LogP contribution in [-0.4, -0.2) is 60.0 Å². The molecule has 1 aromatic carbocycles. The maximum atomic E-state index is 13.7. The predicted octanol–water partition coefficient (Wildman–Crippen LogP) is 3.91. The molecule has 3 N–H and O–H groups in total. The molecule has 196 valence electrons. The molecule has 0 unspecified atom stereocenters. The average molecular weight is 488 g/mol. The zero-order valence-electron chi connectivity index (χ0n) is 23.3. The molecule has 0 aliphatic rings. The molecule has 7 nitrogen and oxygen atoms in total. The molecule has 1 aromatic rings. The maximum absolute atomic E-state index is 13.7. The molecule has 0 radical (unpaired) electrons. The van der Waals surface area contributed by atoms with Crippen LogP contribution in [0.2, 0.25) is 0 Å². The van der Waals surface area contributed by atoms with Crippen molar-refractivity contribution in [2.75, 3.05) is 14.1 Å². The molecule has 0 aliphatic heterocycles. The van der Waals surface area contributed by atoms with Crippen molar-refractivity contribution in [3.63, 3.8) is 0 Å². The minimum absolute atomic E-state index is 0.0142. The topological polar surface area (TPSA) is 98.7 Å². The molecule has 0 saturated carbocycles. The number of hydrogen-bond acceptors (Lipinski definition) is 4. The summed E-state index contributed by atoms with van der Waals surface area (Å²) in [5.74, 6) is -1.56. The Kier molecular flexibility index (Phi) is 10.3. The van der Waals surface area contributed by atoms with E-state index in [0.717, 1.165) is 11.1 Å². The van der Waals surface area contributed by atoms with Crippen LogP contribution in [0.5, 0.6) is 0 Å². The van der Waals surface area contributed by atoms with E-state index >= 15 is 0 Å². The van der Waals surface area contributed by atoms with Crippen LogP contribution in [-0.2, 0) is 19.8 Å². The van der Waals surface area contributed by atoms with Gasteiger partial charge in [-0.25, -0.2) is 4.79 Å². The first-order valence-electron chi connectivity index (χ1n) is 12.2. The lowest BCUT2D eigenvalue weighted by Gasteiger charge is -2.40. The Morgan fingerprint density at radius 1 is 1.03 bits per heavy atom. The summed E-state index contributed by atoms with van der Waals surface area (Å²) in [4.78, 5) is 40.3. The number of hydrogen-bond donors (Lipinski definition) is 3.